The average Bonchev–Trinajstić information content (AvgIpc) is 2.28. The second kappa shape index (κ2) is 5.70. The first-order valence-electron chi connectivity index (χ1n) is 5.30. The van der Waals surface area contributed by atoms with Gasteiger partial charge in [0, 0.05) is 0 Å². The molecule has 0 aliphatic rings. The Morgan fingerprint density at radius 1 is 1.29 bits per heavy atom. The van der Waals surface area contributed by atoms with Gasteiger partial charge in [-0.3, -0.25) is 0 Å². The monoisotopic (exact) mass is 246 g/mol. The summed E-state index contributed by atoms with van der Waals surface area (Å²) in [5.41, 5.74) is -1.39. The zero-order chi connectivity index (χ0) is 12.9. The summed E-state index contributed by atoms with van der Waals surface area (Å²) in [6, 6.07) is 4.62. The lowest BCUT2D eigenvalue weighted by molar-refractivity contribution is -0.138. The van der Waals surface area contributed by atoms with Crippen molar-refractivity contribution in [1.29, 1.82) is 0 Å². The maximum absolute atomic E-state index is 12.6. The van der Waals surface area contributed by atoms with Crippen molar-refractivity contribution in [2.24, 2.45) is 0 Å². The van der Waals surface area contributed by atoms with E-state index < -0.39 is 23.3 Å². The highest BCUT2D eigenvalue weighted by Crippen LogP contribution is 2.32. The van der Waals surface area contributed by atoms with Crippen LogP contribution in [0.2, 0.25) is 0 Å². The third-order valence-corrected chi connectivity index (χ3v) is 2.18. The molecule has 0 saturated heterocycles. The van der Waals surface area contributed by atoms with Gasteiger partial charge in [0.1, 0.15) is 0 Å². The zero-order valence-corrected chi connectivity index (χ0v) is 9.38. The first-order chi connectivity index (χ1) is 7.96. The summed E-state index contributed by atoms with van der Waals surface area (Å²) in [5.74, 6) is -0.925. The van der Waals surface area contributed by atoms with E-state index in [0.29, 0.717) is 6.42 Å². The van der Waals surface area contributed by atoms with E-state index in [0.717, 1.165) is 18.6 Å². The molecule has 0 aliphatic carbocycles. The molecule has 17 heavy (non-hydrogen) atoms. The molecule has 2 nitrogen and oxygen atoms in total. The number of carbonyl (C=O) groups excluding carboxylic acids is 1. The maximum Gasteiger partial charge on any atom is 0.417 e. The Labute approximate surface area is 97.4 Å². The molecule has 1 aromatic carbocycles. The summed E-state index contributed by atoms with van der Waals surface area (Å²) in [6.07, 6.45) is -3.09. The molecule has 0 fully saturated rings. The number of benzene rings is 1. The molecule has 0 unspecified atom stereocenters. The minimum absolute atomic E-state index is 0.140. The lowest BCUT2D eigenvalue weighted by Crippen LogP contribution is -2.15. The quantitative estimate of drug-likeness (QED) is 0.598. The predicted octanol–water partition coefficient (Wildman–Crippen LogP) is 3.66. The van der Waals surface area contributed by atoms with Crippen LogP contribution in [0.15, 0.2) is 24.3 Å². The second-order valence-electron chi connectivity index (χ2n) is 3.53. The fourth-order valence-corrected chi connectivity index (χ4v) is 1.30. The first-order valence-corrected chi connectivity index (χ1v) is 5.30. The smallest absolute Gasteiger partial charge is 0.417 e. The van der Waals surface area contributed by atoms with Gasteiger partial charge in [0.15, 0.2) is 0 Å². The Morgan fingerprint density at radius 3 is 2.53 bits per heavy atom. The summed E-state index contributed by atoms with van der Waals surface area (Å²) in [7, 11) is 0. The highest BCUT2D eigenvalue weighted by Gasteiger charge is 2.35. The van der Waals surface area contributed by atoms with Crippen LogP contribution in [0.3, 0.4) is 0 Å². The van der Waals surface area contributed by atoms with Gasteiger partial charge in [-0.05, 0) is 18.6 Å². The number of hydrogen-bond acceptors (Lipinski definition) is 2. The Hall–Kier alpha value is -1.52. The van der Waals surface area contributed by atoms with E-state index in [1.54, 1.807) is 0 Å². The lowest BCUT2D eigenvalue weighted by Gasteiger charge is -2.11. The van der Waals surface area contributed by atoms with Crippen molar-refractivity contribution in [3.63, 3.8) is 0 Å². The Morgan fingerprint density at radius 2 is 1.94 bits per heavy atom. The van der Waals surface area contributed by atoms with Gasteiger partial charge in [-0.1, -0.05) is 25.5 Å². The average molecular weight is 246 g/mol. The normalized spacial score (nSPS) is 11.3. The van der Waals surface area contributed by atoms with Crippen molar-refractivity contribution in [1.82, 2.24) is 0 Å². The van der Waals surface area contributed by atoms with Crippen molar-refractivity contribution < 1.29 is 22.7 Å². The van der Waals surface area contributed by atoms with Gasteiger partial charge >= 0.3 is 12.1 Å². The van der Waals surface area contributed by atoms with Crippen LogP contribution in [0.25, 0.3) is 0 Å². The number of esters is 1. The molecule has 0 N–H and O–H groups in total. The van der Waals surface area contributed by atoms with Crippen LogP contribution in [0.5, 0.6) is 0 Å². The van der Waals surface area contributed by atoms with E-state index in [1.807, 2.05) is 6.92 Å². The molecule has 0 bridgehead atoms. The molecule has 0 atom stereocenters. The van der Waals surface area contributed by atoms with Crippen molar-refractivity contribution >= 4 is 5.97 Å². The molecular weight excluding hydrogens is 233 g/mol. The van der Waals surface area contributed by atoms with E-state index in [9.17, 15) is 18.0 Å². The van der Waals surface area contributed by atoms with Gasteiger partial charge < -0.3 is 4.74 Å². The molecular formula is C12H13F3O2. The third kappa shape index (κ3) is 3.76. The molecule has 0 saturated carbocycles. The number of hydrogen-bond donors (Lipinski definition) is 0. The highest BCUT2D eigenvalue weighted by atomic mass is 19.4. The van der Waals surface area contributed by atoms with Crippen LogP contribution in [-0.2, 0) is 10.9 Å². The van der Waals surface area contributed by atoms with Gasteiger partial charge in [0.05, 0.1) is 17.7 Å². The second-order valence-corrected chi connectivity index (χ2v) is 3.53. The molecule has 0 aliphatic heterocycles. The summed E-state index contributed by atoms with van der Waals surface area (Å²) >= 11 is 0. The van der Waals surface area contributed by atoms with Crippen LogP contribution < -0.4 is 0 Å². The number of halogens is 3. The summed E-state index contributed by atoms with van der Waals surface area (Å²) in [4.78, 5) is 11.5. The molecule has 0 spiro atoms. The lowest BCUT2D eigenvalue weighted by atomic mass is 10.1. The number of carbonyl (C=O) groups is 1. The van der Waals surface area contributed by atoms with Crippen LogP contribution in [0, 0.1) is 0 Å². The van der Waals surface area contributed by atoms with Crippen LogP contribution in [-0.4, -0.2) is 12.6 Å². The van der Waals surface area contributed by atoms with Crippen molar-refractivity contribution in [3.05, 3.63) is 35.4 Å². The Balaban J connectivity index is 2.86. The molecule has 1 rings (SSSR count). The Kier molecular flexibility index (Phi) is 4.54. The van der Waals surface area contributed by atoms with Crippen molar-refractivity contribution in [2.75, 3.05) is 6.61 Å². The van der Waals surface area contributed by atoms with Gasteiger partial charge in [-0.2, -0.15) is 13.2 Å². The largest absolute Gasteiger partial charge is 0.462 e. The maximum atomic E-state index is 12.6. The predicted molar refractivity (Wildman–Crippen MR) is 56.6 cm³/mol. The van der Waals surface area contributed by atoms with E-state index in [4.69, 9.17) is 4.74 Å². The van der Waals surface area contributed by atoms with Crippen LogP contribution in [0.1, 0.15) is 35.7 Å². The standard InChI is InChI=1S/C12H13F3O2/c1-2-3-8-17-11(16)9-6-4-5-7-10(9)12(13,14)15/h4-7H,2-3,8H2,1H3. The van der Waals surface area contributed by atoms with Gasteiger partial charge in [0.2, 0.25) is 0 Å². The van der Waals surface area contributed by atoms with Crippen LogP contribution >= 0.6 is 0 Å². The topological polar surface area (TPSA) is 26.3 Å². The number of alkyl halides is 3. The van der Waals surface area contributed by atoms with E-state index in [-0.39, 0.29) is 6.61 Å². The van der Waals surface area contributed by atoms with Gasteiger partial charge in [0.25, 0.3) is 0 Å². The summed E-state index contributed by atoms with van der Waals surface area (Å²) < 4.78 is 42.5. The Bertz CT molecular complexity index is 386. The molecule has 0 heterocycles. The van der Waals surface area contributed by atoms with E-state index in [2.05, 4.69) is 0 Å². The molecule has 5 heteroatoms. The molecule has 0 amide bonds. The van der Waals surface area contributed by atoms with Gasteiger partial charge in [-0.25, -0.2) is 4.79 Å². The fourth-order valence-electron chi connectivity index (χ4n) is 1.30. The third-order valence-electron chi connectivity index (χ3n) is 2.18. The molecule has 1 aromatic rings. The highest BCUT2D eigenvalue weighted by molar-refractivity contribution is 5.91. The van der Waals surface area contributed by atoms with Crippen molar-refractivity contribution in [2.45, 2.75) is 25.9 Å². The SMILES string of the molecule is CCCCOC(=O)c1ccccc1C(F)(F)F. The fraction of sp³-hybridized carbons (Fsp3) is 0.417. The van der Waals surface area contributed by atoms with E-state index >= 15 is 0 Å². The summed E-state index contributed by atoms with van der Waals surface area (Å²) in [5, 5.41) is 0. The molecule has 0 aromatic heterocycles. The molecule has 0 radical (unpaired) electrons. The van der Waals surface area contributed by atoms with Gasteiger partial charge in [-0.15, -0.1) is 0 Å². The first kappa shape index (κ1) is 13.5. The number of ether oxygens (including phenoxy) is 1. The van der Waals surface area contributed by atoms with E-state index in [1.165, 1.54) is 12.1 Å². The zero-order valence-electron chi connectivity index (χ0n) is 9.38. The van der Waals surface area contributed by atoms with Crippen LogP contribution in [0.4, 0.5) is 13.2 Å². The minimum atomic E-state index is -4.54. The number of rotatable bonds is 4. The summed E-state index contributed by atoms with van der Waals surface area (Å²) in [6.45, 7) is 2.04. The molecule has 94 valence electrons. The number of unbranched alkanes of at least 4 members (excludes halogenated alkanes) is 1. The minimum Gasteiger partial charge on any atom is -0.462 e. The van der Waals surface area contributed by atoms with Crippen molar-refractivity contribution in [3.8, 4) is 0 Å².